The Kier molecular flexibility index (Phi) is 2.05. The summed E-state index contributed by atoms with van der Waals surface area (Å²) in [4.78, 5) is 0. The number of hydrogen-bond acceptors (Lipinski definition) is 3. The Morgan fingerprint density at radius 1 is 1.78 bits per heavy atom. The van der Waals surface area contributed by atoms with E-state index >= 15 is 0 Å². The highest BCUT2D eigenvalue weighted by atomic mass is 32.2. The van der Waals surface area contributed by atoms with Crippen LogP contribution in [-0.2, 0) is 0 Å². The summed E-state index contributed by atoms with van der Waals surface area (Å²) in [5, 5.41) is 3.48. The quantitative estimate of drug-likeness (QED) is 0.564. The summed E-state index contributed by atoms with van der Waals surface area (Å²) in [6, 6.07) is 0. The van der Waals surface area contributed by atoms with Crippen LogP contribution in [0.25, 0.3) is 0 Å². The first-order valence-electron chi connectivity index (χ1n) is 2.75. The number of rotatable bonds is 1. The number of dihydropyridines is 1. The van der Waals surface area contributed by atoms with Gasteiger partial charge in [-0.15, -0.1) is 11.8 Å². The molecule has 0 radical (unpaired) electrons. The van der Waals surface area contributed by atoms with Gasteiger partial charge in [-0.1, -0.05) is 0 Å². The van der Waals surface area contributed by atoms with E-state index in [0.29, 0.717) is 5.37 Å². The molecule has 0 amide bonds. The van der Waals surface area contributed by atoms with Gasteiger partial charge in [-0.2, -0.15) is 0 Å². The molecule has 0 fully saturated rings. The van der Waals surface area contributed by atoms with Gasteiger partial charge in [0.05, 0.1) is 5.37 Å². The molecule has 2 nitrogen and oxygen atoms in total. The fraction of sp³-hybridized carbons (Fsp3) is 0.333. The Morgan fingerprint density at radius 3 is 3.00 bits per heavy atom. The summed E-state index contributed by atoms with van der Waals surface area (Å²) in [6.07, 6.45) is 7.76. The minimum absolute atomic E-state index is 0.356. The molecular formula is C6H10N2S. The molecule has 1 aliphatic rings. The predicted molar refractivity (Wildman–Crippen MR) is 41.8 cm³/mol. The number of hydrogen-bond donors (Lipinski definition) is 2. The molecule has 3 N–H and O–H groups in total. The minimum atomic E-state index is 0.356. The molecule has 0 bridgehead atoms. The molecule has 0 saturated carbocycles. The molecule has 9 heavy (non-hydrogen) atoms. The lowest BCUT2D eigenvalue weighted by atomic mass is 10.3. The van der Waals surface area contributed by atoms with Crippen molar-refractivity contribution in [2.24, 2.45) is 5.73 Å². The van der Waals surface area contributed by atoms with Gasteiger partial charge in [0.25, 0.3) is 0 Å². The van der Waals surface area contributed by atoms with Gasteiger partial charge in [-0.05, 0) is 24.6 Å². The van der Waals surface area contributed by atoms with Crippen molar-refractivity contribution in [3.63, 3.8) is 0 Å². The van der Waals surface area contributed by atoms with Gasteiger partial charge in [0.15, 0.2) is 0 Å². The monoisotopic (exact) mass is 142 g/mol. The topological polar surface area (TPSA) is 38.0 Å². The van der Waals surface area contributed by atoms with Crippen molar-refractivity contribution in [3.05, 3.63) is 24.0 Å². The first kappa shape index (κ1) is 6.55. The summed E-state index contributed by atoms with van der Waals surface area (Å²) in [7, 11) is 0. The van der Waals surface area contributed by atoms with E-state index in [1.54, 1.807) is 11.8 Å². The lowest BCUT2D eigenvalue weighted by Gasteiger charge is -2.13. The molecule has 1 heterocycles. The third-order valence-electron chi connectivity index (χ3n) is 1.13. The smallest absolute Gasteiger partial charge is 0.0925 e. The number of nitrogens with one attached hydrogen (secondary N) is 1. The zero-order valence-corrected chi connectivity index (χ0v) is 6.11. The lowest BCUT2D eigenvalue weighted by Crippen LogP contribution is -2.22. The fourth-order valence-corrected chi connectivity index (χ4v) is 1.16. The van der Waals surface area contributed by atoms with Gasteiger partial charge in [0, 0.05) is 5.70 Å². The first-order valence-corrected chi connectivity index (χ1v) is 4.04. The van der Waals surface area contributed by atoms with Gasteiger partial charge in [-0.3, -0.25) is 0 Å². The summed E-state index contributed by atoms with van der Waals surface area (Å²) >= 11 is 1.73. The molecule has 1 rings (SSSR count). The molecule has 0 aromatic heterocycles. The van der Waals surface area contributed by atoms with E-state index in [-0.39, 0.29) is 0 Å². The van der Waals surface area contributed by atoms with Gasteiger partial charge >= 0.3 is 0 Å². The van der Waals surface area contributed by atoms with Gasteiger partial charge in [-0.25, -0.2) is 0 Å². The van der Waals surface area contributed by atoms with E-state index in [2.05, 4.69) is 5.32 Å². The van der Waals surface area contributed by atoms with E-state index in [4.69, 9.17) is 5.73 Å². The van der Waals surface area contributed by atoms with Crippen molar-refractivity contribution in [2.75, 3.05) is 6.26 Å². The Hall–Kier alpha value is -0.570. The molecule has 50 valence electrons. The first-order chi connectivity index (χ1) is 4.33. The van der Waals surface area contributed by atoms with E-state index in [9.17, 15) is 0 Å². The fourth-order valence-electron chi connectivity index (χ4n) is 0.654. The standard InChI is InChI=1S/C6H10N2S/c1-9-6-4-5(7)2-3-8-6/h2-4,6,8H,7H2,1H3. The van der Waals surface area contributed by atoms with E-state index in [1.807, 2.05) is 24.6 Å². The van der Waals surface area contributed by atoms with Crippen LogP contribution in [0.3, 0.4) is 0 Å². The Balaban J connectivity index is 2.55. The zero-order chi connectivity index (χ0) is 6.69. The van der Waals surface area contributed by atoms with Crippen molar-refractivity contribution in [3.8, 4) is 0 Å². The highest BCUT2D eigenvalue weighted by Crippen LogP contribution is 2.09. The molecule has 0 aromatic carbocycles. The average molecular weight is 142 g/mol. The van der Waals surface area contributed by atoms with Gasteiger partial charge < -0.3 is 11.1 Å². The largest absolute Gasteiger partial charge is 0.399 e. The zero-order valence-electron chi connectivity index (χ0n) is 5.29. The average Bonchev–Trinajstić information content (AvgIpc) is 1.88. The van der Waals surface area contributed by atoms with Crippen LogP contribution in [0, 0.1) is 0 Å². The normalized spacial score (nSPS) is 25.0. The third-order valence-corrected chi connectivity index (χ3v) is 1.91. The van der Waals surface area contributed by atoms with Crippen LogP contribution in [0.4, 0.5) is 0 Å². The Morgan fingerprint density at radius 2 is 2.56 bits per heavy atom. The second kappa shape index (κ2) is 2.82. The lowest BCUT2D eigenvalue weighted by molar-refractivity contribution is 0.900. The van der Waals surface area contributed by atoms with Crippen LogP contribution in [-0.4, -0.2) is 11.6 Å². The summed E-state index contributed by atoms with van der Waals surface area (Å²) in [6.45, 7) is 0. The molecule has 0 spiro atoms. The maximum Gasteiger partial charge on any atom is 0.0925 e. The molecular weight excluding hydrogens is 132 g/mol. The number of nitrogens with two attached hydrogens (primary N) is 1. The van der Waals surface area contributed by atoms with E-state index < -0.39 is 0 Å². The second-order valence-corrected chi connectivity index (χ2v) is 2.80. The number of thioether (sulfide) groups is 1. The number of allylic oxidation sites excluding steroid dienone is 1. The van der Waals surface area contributed by atoms with Gasteiger partial charge in [0.1, 0.15) is 0 Å². The van der Waals surface area contributed by atoms with Crippen LogP contribution in [0.1, 0.15) is 0 Å². The maximum absolute atomic E-state index is 5.52. The molecule has 1 aliphatic heterocycles. The molecule has 0 aromatic rings. The SMILES string of the molecule is CSC1C=C(N)C=CN1. The maximum atomic E-state index is 5.52. The molecule has 0 saturated heterocycles. The van der Waals surface area contributed by atoms with Crippen LogP contribution in [0.2, 0.25) is 0 Å². The summed E-state index contributed by atoms with van der Waals surface area (Å²) < 4.78 is 0. The highest BCUT2D eigenvalue weighted by Gasteiger charge is 2.02. The van der Waals surface area contributed by atoms with Crippen molar-refractivity contribution < 1.29 is 0 Å². The van der Waals surface area contributed by atoms with Crippen molar-refractivity contribution in [1.29, 1.82) is 0 Å². The van der Waals surface area contributed by atoms with Crippen LogP contribution >= 0.6 is 11.8 Å². The molecule has 1 atom stereocenters. The molecule has 0 aliphatic carbocycles. The Labute approximate surface area is 59.2 Å². The summed E-state index contributed by atoms with van der Waals surface area (Å²) in [5.41, 5.74) is 6.36. The van der Waals surface area contributed by atoms with Crippen LogP contribution < -0.4 is 11.1 Å². The third kappa shape index (κ3) is 1.68. The van der Waals surface area contributed by atoms with E-state index in [1.165, 1.54) is 0 Å². The van der Waals surface area contributed by atoms with Crippen molar-refractivity contribution in [2.45, 2.75) is 5.37 Å². The second-order valence-electron chi connectivity index (χ2n) is 1.82. The van der Waals surface area contributed by atoms with Crippen molar-refractivity contribution in [1.82, 2.24) is 5.32 Å². The van der Waals surface area contributed by atoms with Crippen molar-refractivity contribution >= 4 is 11.8 Å². The highest BCUT2D eigenvalue weighted by molar-refractivity contribution is 7.99. The summed E-state index contributed by atoms with van der Waals surface area (Å²) in [5.74, 6) is 0. The predicted octanol–water partition coefficient (Wildman–Crippen LogP) is 0.635. The Bertz CT molecular complexity index is 151. The molecule has 3 heteroatoms. The molecule has 1 unspecified atom stereocenters. The van der Waals surface area contributed by atoms with Crippen LogP contribution in [0.15, 0.2) is 24.0 Å². The minimum Gasteiger partial charge on any atom is -0.399 e. The van der Waals surface area contributed by atoms with E-state index in [0.717, 1.165) is 5.70 Å². The van der Waals surface area contributed by atoms with Crippen LogP contribution in [0.5, 0.6) is 0 Å². The van der Waals surface area contributed by atoms with Gasteiger partial charge in [0.2, 0.25) is 0 Å².